The standard InChI is InChI=1S/C10H16N2OS.C4H4O4/c1-9(10-4-7-14-8-10)11-13-6-5-12(2)3;5-3(6)1-2-4(7)8/h4,7-8H,5-6H2,1-3H3;1-2H,(H,5,6)(H,7,8)/b11-9+;2-1+. The predicted octanol–water partition coefficient (Wildman–Crippen LogP) is -0.990. The summed E-state index contributed by atoms with van der Waals surface area (Å²) in [5, 5.41) is 25.4. The number of likely N-dealkylation sites (N-methyl/N-ethyl adjacent to an activating group) is 1. The van der Waals surface area contributed by atoms with Gasteiger partial charge in [0.2, 0.25) is 0 Å². The summed E-state index contributed by atoms with van der Waals surface area (Å²) < 4.78 is 0. The van der Waals surface area contributed by atoms with Gasteiger partial charge in [-0.15, -0.1) is 0 Å². The molecule has 1 rings (SSSR count). The lowest BCUT2D eigenvalue weighted by Gasteiger charge is -2.05. The van der Waals surface area contributed by atoms with Crippen LogP contribution in [0.2, 0.25) is 0 Å². The largest absolute Gasteiger partial charge is 0.545 e. The molecule has 22 heavy (non-hydrogen) atoms. The smallest absolute Gasteiger partial charge is 0.328 e. The maximum Gasteiger partial charge on any atom is 0.328 e. The minimum atomic E-state index is -1.51. The Labute approximate surface area is 133 Å². The lowest BCUT2D eigenvalue weighted by Crippen LogP contribution is -3.06. The third-order valence-electron chi connectivity index (χ3n) is 2.20. The highest BCUT2D eigenvalue weighted by molar-refractivity contribution is 7.08. The van der Waals surface area contributed by atoms with E-state index in [2.05, 4.69) is 24.6 Å². The second-order valence-corrected chi connectivity index (χ2v) is 5.25. The predicted molar refractivity (Wildman–Crippen MR) is 81.9 cm³/mol. The van der Waals surface area contributed by atoms with E-state index in [9.17, 15) is 14.7 Å². The molecule has 0 aliphatic rings. The van der Waals surface area contributed by atoms with Crippen LogP contribution < -0.4 is 10.0 Å². The van der Waals surface area contributed by atoms with Gasteiger partial charge in [-0.05, 0) is 29.8 Å². The zero-order valence-corrected chi connectivity index (χ0v) is 13.6. The highest BCUT2D eigenvalue weighted by atomic mass is 32.1. The van der Waals surface area contributed by atoms with Gasteiger partial charge in [-0.2, -0.15) is 11.3 Å². The van der Waals surface area contributed by atoms with Gasteiger partial charge >= 0.3 is 5.97 Å². The lowest BCUT2D eigenvalue weighted by atomic mass is 10.2. The van der Waals surface area contributed by atoms with Crippen LogP contribution in [0.4, 0.5) is 0 Å². The molecule has 0 saturated carbocycles. The molecule has 2 N–H and O–H groups in total. The number of nitrogens with one attached hydrogen (secondary N) is 1. The average Bonchev–Trinajstić information content (AvgIpc) is 2.96. The summed E-state index contributed by atoms with van der Waals surface area (Å²) in [6.07, 6.45) is 0.942. The Hall–Kier alpha value is -2.19. The van der Waals surface area contributed by atoms with Crippen LogP contribution in [-0.4, -0.2) is 50.0 Å². The molecule has 0 aliphatic carbocycles. The fourth-order valence-corrected chi connectivity index (χ4v) is 1.75. The lowest BCUT2D eigenvalue weighted by molar-refractivity contribution is -0.858. The van der Waals surface area contributed by atoms with Crippen molar-refractivity contribution in [2.45, 2.75) is 6.92 Å². The van der Waals surface area contributed by atoms with Gasteiger partial charge in [-0.1, -0.05) is 5.16 Å². The normalized spacial score (nSPS) is 11.2. The number of rotatable bonds is 7. The van der Waals surface area contributed by atoms with Crippen LogP contribution in [-0.2, 0) is 14.4 Å². The van der Waals surface area contributed by atoms with Crippen molar-refractivity contribution < 1.29 is 29.5 Å². The first-order valence-electron chi connectivity index (χ1n) is 6.43. The Balaban J connectivity index is 0.000000472. The summed E-state index contributed by atoms with van der Waals surface area (Å²) in [6.45, 7) is 3.61. The van der Waals surface area contributed by atoms with Gasteiger partial charge in [-0.25, -0.2) is 4.79 Å². The van der Waals surface area contributed by atoms with Gasteiger partial charge in [0.1, 0.15) is 6.54 Å². The van der Waals surface area contributed by atoms with E-state index >= 15 is 0 Å². The fourth-order valence-electron chi connectivity index (χ4n) is 1.05. The van der Waals surface area contributed by atoms with Crippen molar-refractivity contribution in [3.63, 3.8) is 0 Å². The van der Waals surface area contributed by atoms with Crippen molar-refractivity contribution in [2.75, 3.05) is 27.2 Å². The molecule has 7 nitrogen and oxygen atoms in total. The van der Waals surface area contributed by atoms with Crippen molar-refractivity contribution in [1.29, 1.82) is 0 Å². The van der Waals surface area contributed by atoms with Crippen molar-refractivity contribution in [1.82, 2.24) is 0 Å². The number of aliphatic carboxylic acids is 2. The van der Waals surface area contributed by atoms with Crippen molar-refractivity contribution in [2.24, 2.45) is 5.16 Å². The van der Waals surface area contributed by atoms with Gasteiger partial charge in [-0.3, -0.25) is 0 Å². The number of hydrogen-bond acceptors (Lipinski definition) is 6. The summed E-state index contributed by atoms with van der Waals surface area (Å²) in [6, 6.07) is 2.05. The summed E-state index contributed by atoms with van der Waals surface area (Å²) in [4.78, 5) is 25.5. The van der Waals surface area contributed by atoms with Crippen molar-refractivity contribution >= 4 is 29.0 Å². The second kappa shape index (κ2) is 11.5. The van der Waals surface area contributed by atoms with Gasteiger partial charge < -0.3 is 24.7 Å². The number of carboxylic acid groups (broad SMARTS) is 2. The van der Waals surface area contributed by atoms with Gasteiger partial charge in [0, 0.05) is 11.6 Å². The Morgan fingerprint density at radius 2 is 2.14 bits per heavy atom. The third-order valence-corrected chi connectivity index (χ3v) is 2.88. The van der Waals surface area contributed by atoms with Gasteiger partial charge in [0.15, 0.2) is 6.61 Å². The van der Waals surface area contributed by atoms with Crippen molar-refractivity contribution in [3.8, 4) is 0 Å². The minimum Gasteiger partial charge on any atom is -0.545 e. The maximum absolute atomic E-state index is 9.53. The molecular weight excluding hydrogens is 308 g/mol. The van der Waals surface area contributed by atoms with E-state index in [-0.39, 0.29) is 0 Å². The van der Waals surface area contributed by atoms with Crippen LogP contribution in [0.15, 0.2) is 34.1 Å². The monoisotopic (exact) mass is 328 g/mol. The number of nitrogens with zero attached hydrogens (tertiary/aromatic N) is 1. The summed E-state index contributed by atoms with van der Waals surface area (Å²) in [7, 11) is 4.19. The number of carboxylic acids is 2. The average molecular weight is 328 g/mol. The SMILES string of the molecule is C/C(=N\OCC[NH+](C)C)c1ccsc1.O=C([O-])/C=C/C(=O)O. The molecule has 0 fully saturated rings. The van der Waals surface area contributed by atoms with Crippen LogP contribution >= 0.6 is 11.3 Å². The Morgan fingerprint density at radius 3 is 2.55 bits per heavy atom. The topological polar surface area (TPSA) is 103 Å². The number of carbonyl (C=O) groups is 2. The molecule has 0 saturated heterocycles. The number of oxime groups is 1. The van der Waals surface area contributed by atoms with Gasteiger partial charge in [0.05, 0.1) is 25.8 Å². The number of hydrogen-bond donors (Lipinski definition) is 2. The van der Waals surface area contributed by atoms with E-state index < -0.39 is 11.9 Å². The molecule has 1 aromatic rings. The minimum absolute atomic E-state index is 0.447. The highest BCUT2D eigenvalue weighted by Crippen LogP contribution is 2.07. The molecule has 0 aliphatic heterocycles. The molecule has 0 atom stereocenters. The molecule has 122 valence electrons. The Kier molecular flexibility index (Phi) is 10.3. The van der Waals surface area contributed by atoms with E-state index in [0.29, 0.717) is 18.8 Å². The van der Waals surface area contributed by atoms with Gasteiger partial charge in [0.25, 0.3) is 0 Å². The first kappa shape index (κ1) is 19.8. The molecule has 0 radical (unpaired) electrons. The Morgan fingerprint density at radius 1 is 1.45 bits per heavy atom. The number of carbonyl (C=O) groups excluding carboxylic acids is 1. The fraction of sp³-hybridized carbons (Fsp3) is 0.357. The quantitative estimate of drug-likeness (QED) is 0.289. The number of thiophene rings is 1. The summed E-state index contributed by atoms with van der Waals surface area (Å²) in [5.74, 6) is -2.80. The highest BCUT2D eigenvalue weighted by Gasteiger charge is 1.98. The van der Waals surface area contributed by atoms with E-state index in [1.807, 2.05) is 18.4 Å². The van der Waals surface area contributed by atoms with Crippen molar-refractivity contribution in [3.05, 3.63) is 34.5 Å². The molecule has 0 unspecified atom stereocenters. The third kappa shape index (κ3) is 11.6. The van der Waals surface area contributed by atoms with Crippen LogP contribution in [0.3, 0.4) is 0 Å². The van der Waals surface area contributed by atoms with Crippen LogP contribution in [0.25, 0.3) is 0 Å². The molecule has 0 spiro atoms. The van der Waals surface area contributed by atoms with Crippen LogP contribution in [0.1, 0.15) is 12.5 Å². The molecule has 8 heteroatoms. The zero-order valence-electron chi connectivity index (χ0n) is 12.7. The number of quaternary nitrogens is 1. The Bertz CT molecular complexity index is 493. The van der Waals surface area contributed by atoms with E-state index in [0.717, 1.165) is 17.8 Å². The first-order chi connectivity index (χ1) is 10.3. The van der Waals surface area contributed by atoms with Crippen LogP contribution in [0, 0.1) is 0 Å². The molecule has 1 heterocycles. The summed E-state index contributed by atoms with van der Waals surface area (Å²) in [5.41, 5.74) is 2.09. The van der Waals surface area contributed by atoms with E-state index in [1.54, 1.807) is 11.3 Å². The summed E-state index contributed by atoms with van der Waals surface area (Å²) >= 11 is 1.67. The zero-order chi connectivity index (χ0) is 17.0. The molecular formula is C14H20N2O5S. The molecule has 0 amide bonds. The van der Waals surface area contributed by atoms with E-state index in [1.165, 1.54) is 4.90 Å². The molecule has 0 aromatic carbocycles. The first-order valence-corrected chi connectivity index (χ1v) is 7.37. The maximum atomic E-state index is 9.53. The molecule has 0 bridgehead atoms. The second-order valence-electron chi connectivity index (χ2n) is 4.47. The molecule has 1 aromatic heterocycles. The van der Waals surface area contributed by atoms with Crippen LogP contribution in [0.5, 0.6) is 0 Å². The van der Waals surface area contributed by atoms with E-state index in [4.69, 9.17) is 9.94 Å².